The van der Waals surface area contributed by atoms with Gasteiger partial charge in [0.05, 0.1) is 19.5 Å². The maximum atomic E-state index is 10.2. The summed E-state index contributed by atoms with van der Waals surface area (Å²) in [7, 11) is 0. The van der Waals surface area contributed by atoms with Crippen LogP contribution < -0.4 is 10.5 Å². The number of aromatic nitrogens is 4. The van der Waals surface area contributed by atoms with E-state index in [9.17, 15) is 15.3 Å². The van der Waals surface area contributed by atoms with Crippen molar-refractivity contribution in [2.45, 2.75) is 37.4 Å². The predicted octanol–water partition coefficient (Wildman–Crippen LogP) is -1.19. The fourth-order valence-corrected chi connectivity index (χ4v) is 2.76. The second kappa shape index (κ2) is 5.81. The summed E-state index contributed by atoms with van der Waals surface area (Å²) >= 11 is 0. The lowest BCUT2D eigenvalue weighted by molar-refractivity contribution is -0.0511. The highest BCUT2D eigenvalue weighted by Crippen LogP contribution is 2.33. The molecule has 10 nitrogen and oxygen atoms in total. The molecule has 0 aromatic carbocycles. The Morgan fingerprint density at radius 1 is 1.29 bits per heavy atom. The van der Waals surface area contributed by atoms with Crippen LogP contribution in [0.5, 0.6) is 6.01 Å². The van der Waals surface area contributed by atoms with Gasteiger partial charge < -0.3 is 30.5 Å². The minimum atomic E-state index is -1.23. The van der Waals surface area contributed by atoms with Gasteiger partial charge in [-0.3, -0.25) is 4.57 Å². The summed E-state index contributed by atoms with van der Waals surface area (Å²) in [5.74, 6) is 0.701. The van der Waals surface area contributed by atoms with Crippen LogP contribution in [0.25, 0.3) is 11.2 Å². The van der Waals surface area contributed by atoms with E-state index in [4.69, 9.17) is 15.2 Å². The second-order valence-electron chi connectivity index (χ2n) is 6.20. The number of fused-ring (bicyclic) bond motifs is 1. The molecule has 1 aliphatic heterocycles. The maximum Gasteiger partial charge on any atom is 0.320 e. The molecule has 1 saturated heterocycles. The van der Waals surface area contributed by atoms with Gasteiger partial charge in [-0.15, -0.1) is 0 Å². The van der Waals surface area contributed by atoms with E-state index < -0.39 is 31.1 Å². The molecule has 0 unspecified atom stereocenters. The van der Waals surface area contributed by atoms with E-state index in [2.05, 4.69) is 15.0 Å². The number of nitrogen functional groups attached to an aromatic ring is 1. The van der Waals surface area contributed by atoms with Crippen LogP contribution in [0.1, 0.15) is 19.1 Å². The average molecular weight is 337 g/mol. The number of rotatable bonds is 5. The second-order valence-corrected chi connectivity index (χ2v) is 6.20. The Morgan fingerprint density at radius 3 is 2.75 bits per heavy atom. The zero-order valence-corrected chi connectivity index (χ0v) is 12.8. The van der Waals surface area contributed by atoms with Crippen LogP contribution in [0.2, 0.25) is 0 Å². The third-order valence-electron chi connectivity index (χ3n) is 4.36. The summed E-state index contributed by atoms with van der Waals surface area (Å²) in [6.07, 6.45) is -0.578. The standard InChI is InChI=1S/C14H19N5O5/c15-11-8-12(18-14(17-11)23-4-6-1-2-6)19(5-16-8)13-10(22)9(21)7(3-20)24-13/h5-7,9-10,13,20-22H,1-4H2,(H2,15,17,18)/t7-,9-,10-,13-/m1/s1. The molecule has 130 valence electrons. The van der Waals surface area contributed by atoms with Crippen LogP contribution >= 0.6 is 0 Å². The topological polar surface area (TPSA) is 149 Å². The van der Waals surface area contributed by atoms with E-state index in [1.54, 1.807) is 0 Å². The highest BCUT2D eigenvalue weighted by Gasteiger charge is 2.44. The third kappa shape index (κ3) is 2.57. The van der Waals surface area contributed by atoms with Gasteiger partial charge in [0, 0.05) is 0 Å². The van der Waals surface area contributed by atoms with Crippen molar-refractivity contribution in [2.75, 3.05) is 18.9 Å². The average Bonchev–Trinajstić information content (AvgIpc) is 3.24. The first kappa shape index (κ1) is 15.5. The number of aliphatic hydroxyl groups excluding tert-OH is 3. The fourth-order valence-electron chi connectivity index (χ4n) is 2.76. The smallest absolute Gasteiger partial charge is 0.320 e. The van der Waals surface area contributed by atoms with Crippen molar-refractivity contribution in [3.05, 3.63) is 6.33 Å². The Labute approximate surface area is 136 Å². The van der Waals surface area contributed by atoms with Gasteiger partial charge in [-0.1, -0.05) is 0 Å². The highest BCUT2D eigenvalue weighted by atomic mass is 16.6. The van der Waals surface area contributed by atoms with E-state index in [-0.39, 0.29) is 11.8 Å². The lowest BCUT2D eigenvalue weighted by Crippen LogP contribution is -2.33. The molecule has 4 rings (SSSR count). The summed E-state index contributed by atoms with van der Waals surface area (Å²) in [5, 5.41) is 29.3. The third-order valence-corrected chi connectivity index (χ3v) is 4.36. The molecule has 24 heavy (non-hydrogen) atoms. The summed E-state index contributed by atoms with van der Waals surface area (Å²) in [6.45, 7) is 0.126. The Balaban J connectivity index is 1.67. The molecule has 2 fully saturated rings. The van der Waals surface area contributed by atoms with Gasteiger partial charge in [0.25, 0.3) is 0 Å². The van der Waals surface area contributed by atoms with Gasteiger partial charge in [-0.2, -0.15) is 9.97 Å². The minimum Gasteiger partial charge on any atom is -0.463 e. The van der Waals surface area contributed by atoms with Crippen LogP contribution in [-0.2, 0) is 4.74 Å². The molecule has 0 radical (unpaired) electrons. The van der Waals surface area contributed by atoms with Crippen molar-refractivity contribution in [1.29, 1.82) is 0 Å². The van der Waals surface area contributed by atoms with Gasteiger partial charge in [0.1, 0.15) is 18.3 Å². The molecule has 1 aliphatic carbocycles. The lowest BCUT2D eigenvalue weighted by atomic mass is 10.1. The monoisotopic (exact) mass is 337 g/mol. The highest BCUT2D eigenvalue weighted by molar-refractivity contribution is 5.82. The normalized spacial score (nSPS) is 30.1. The molecule has 10 heteroatoms. The Morgan fingerprint density at radius 2 is 2.08 bits per heavy atom. The first-order valence-corrected chi connectivity index (χ1v) is 7.83. The number of ether oxygens (including phenoxy) is 2. The van der Waals surface area contributed by atoms with Gasteiger partial charge in [0.15, 0.2) is 23.2 Å². The van der Waals surface area contributed by atoms with Crippen LogP contribution in [0.3, 0.4) is 0 Å². The first-order chi connectivity index (χ1) is 11.6. The molecule has 0 spiro atoms. The summed E-state index contributed by atoms with van der Waals surface area (Å²) in [5.41, 5.74) is 6.60. The van der Waals surface area contributed by atoms with Crippen LogP contribution in [0.15, 0.2) is 6.33 Å². The SMILES string of the molecule is Nc1nc(OCC2CC2)nc2c1ncn2[C@@H]1O[C@H](CO)[C@@H](O)[C@H]1O. The Hall–Kier alpha value is -2.01. The molecule has 4 atom stereocenters. The van der Waals surface area contributed by atoms with Crippen LogP contribution in [0, 0.1) is 5.92 Å². The summed E-state index contributed by atoms with van der Waals surface area (Å²) in [6, 6.07) is 0.139. The van der Waals surface area contributed by atoms with Crippen molar-refractivity contribution in [3.8, 4) is 6.01 Å². The molecule has 3 heterocycles. The van der Waals surface area contributed by atoms with E-state index in [1.165, 1.54) is 10.9 Å². The molecule has 1 saturated carbocycles. The van der Waals surface area contributed by atoms with Crippen molar-refractivity contribution in [2.24, 2.45) is 5.92 Å². The zero-order valence-electron chi connectivity index (χ0n) is 12.8. The molecule has 5 N–H and O–H groups in total. The summed E-state index contributed by atoms with van der Waals surface area (Å²) in [4.78, 5) is 12.5. The number of hydrogen-bond acceptors (Lipinski definition) is 9. The number of aliphatic hydroxyl groups is 3. The van der Waals surface area contributed by atoms with Gasteiger partial charge in [-0.25, -0.2) is 4.98 Å². The van der Waals surface area contributed by atoms with Crippen molar-refractivity contribution < 1.29 is 24.8 Å². The molecule has 2 aromatic heterocycles. The predicted molar refractivity (Wildman–Crippen MR) is 81.0 cm³/mol. The molecule has 0 bridgehead atoms. The molecular weight excluding hydrogens is 318 g/mol. The van der Waals surface area contributed by atoms with Crippen LogP contribution in [0.4, 0.5) is 5.82 Å². The number of hydrogen-bond donors (Lipinski definition) is 4. The Kier molecular flexibility index (Phi) is 3.76. The van der Waals surface area contributed by atoms with Gasteiger partial charge >= 0.3 is 6.01 Å². The lowest BCUT2D eigenvalue weighted by Gasteiger charge is -2.16. The largest absolute Gasteiger partial charge is 0.463 e. The zero-order chi connectivity index (χ0) is 16.8. The quantitative estimate of drug-likeness (QED) is 0.528. The molecule has 2 aliphatic rings. The number of nitrogens with zero attached hydrogens (tertiary/aromatic N) is 4. The Bertz CT molecular complexity index is 748. The number of anilines is 1. The fraction of sp³-hybridized carbons (Fsp3) is 0.643. The summed E-state index contributed by atoms with van der Waals surface area (Å²) < 4.78 is 12.5. The van der Waals surface area contributed by atoms with E-state index in [0.717, 1.165) is 12.8 Å². The van der Waals surface area contributed by atoms with E-state index >= 15 is 0 Å². The van der Waals surface area contributed by atoms with Gasteiger partial charge in [0.2, 0.25) is 0 Å². The number of nitrogens with two attached hydrogens (primary N) is 1. The first-order valence-electron chi connectivity index (χ1n) is 7.83. The minimum absolute atomic E-state index is 0.139. The van der Waals surface area contributed by atoms with Crippen molar-refractivity contribution >= 4 is 17.0 Å². The molecular formula is C14H19N5O5. The number of imidazole rings is 1. The van der Waals surface area contributed by atoms with Crippen LogP contribution in [-0.4, -0.2) is 66.4 Å². The van der Waals surface area contributed by atoms with E-state index in [0.29, 0.717) is 23.7 Å². The van der Waals surface area contributed by atoms with Gasteiger partial charge in [-0.05, 0) is 18.8 Å². The molecule has 0 amide bonds. The maximum absolute atomic E-state index is 10.2. The molecule has 2 aromatic rings. The van der Waals surface area contributed by atoms with Crippen molar-refractivity contribution in [1.82, 2.24) is 19.5 Å². The van der Waals surface area contributed by atoms with Crippen molar-refractivity contribution in [3.63, 3.8) is 0 Å². The van der Waals surface area contributed by atoms with E-state index in [1.807, 2.05) is 0 Å².